The average molecular weight is 479 g/mol. The van der Waals surface area contributed by atoms with Crippen LogP contribution in [0.5, 0.6) is 0 Å². The van der Waals surface area contributed by atoms with Crippen LogP contribution in [0.4, 0.5) is 0 Å². The van der Waals surface area contributed by atoms with Crippen molar-refractivity contribution in [2.24, 2.45) is 17.8 Å². The number of likely N-dealkylation sites (tertiary alicyclic amines) is 1. The van der Waals surface area contributed by atoms with Gasteiger partial charge in [0.2, 0.25) is 11.8 Å². The number of carbonyl (C=O) groups is 3. The van der Waals surface area contributed by atoms with Gasteiger partial charge < -0.3 is 19.6 Å². The summed E-state index contributed by atoms with van der Waals surface area (Å²) in [6.07, 6.45) is 8.36. The lowest BCUT2D eigenvalue weighted by atomic mass is 9.66. The number of nitrogens with zero attached hydrogens (tertiary/aromatic N) is 2. The topological polar surface area (TPSA) is 87.2 Å². The van der Waals surface area contributed by atoms with Gasteiger partial charge in [-0.25, -0.2) is 0 Å². The Hall–Kier alpha value is -1.54. The summed E-state index contributed by atoms with van der Waals surface area (Å²) in [5.41, 5.74) is 0. The highest BCUT2D eigenvalue weighted by Gasteiger charge is 2.76. The zero-order valence-electron chi connectivity index (χ0n) is 19.9. The highest BCUT2D eigenvalue weighted by atomic mass is 32.2. The molecule has 184 valence electrons. The lowest BCUT2D eigenvalue weighted by Gasteiger charge is -2.43. The fourth-order valence-electron chi connectivity index (χ4n) is 6.90. The molecule has 7 nitrogen and oxygen atoms in total. The number of fused-ring (bicyclic) bond motifs is 1. The molecule has 0 aromatic rings. The summed E-state index contributed by atoms with van der Waals surface area (Å²) in [5, 5.41) is 9.51. The van der Waals surface area contributed by atoms with Crippen molar-refractivity contribution >= 4 is 29.5 Å². The van der Waals surface area contributed by atoms with Gasteiger partial charge in [0.05, 0.1) is 23.2 Å². The highest BCUT2D eigenvalue weighted by Crippen LogP contribution is 2.68. The van der Waals surface area contributed by atoms with E-state index in [4.69, 9.17) is 4.74 Å². The van der Waals surface area contributed by atoms with Crippen LogP contribution in [-0.4, -0.2) is 81.1 Å². The Labute approximate surface area is 201 Å². The summed E-state index contributed by atoms with van der Waals surface area (Å²) in [6.45, 7) is 8.83. The second-order valence-corrected chi connectivity index (χ2v) is 11.5. The Morgan fingerprint density at radius 3 is 2.70 bits per heavy atom. The summed E-state index contributed by atoms with van der Waals surface area (Å²) in [4.78, 5) is 44.8. The molecule has 2 bridgehead atoms. The van der Waals surface area contributed by atoms with Gasteiger partial charge in [0.15, 0.2) is 0 Å². The second kappa shape index (κ2) is 9.98. The van der Waals surface area contributed by atoms with Gasteiger partial charge in [-0.3, -0.25) is 14.4 Å². The van der Waals surface area contributed by atoms with E-state index in [1.807, 2.05) is 4.90 Å². The number of ether oxygens (including phenoxy) is 1. The number of esters is 1. The van der Waals surface area contributed by atoms with Crippen molar-refractivity contribution in [3.63, 3.8) is 0 Å². The summed E-state index contributed by atoms with van der Waals surface area (Å²) in [5.74, 6) is -1.36. The molecule has 1 aliphatic carbocycles. The lowest BCUT2D eigenvalue weighted by molar-refractivity contribution is -0.154. The van der Waals surface area contributed by atoms with E-state index < -0.39 is 22.6 Å². The predicted molar refractivity (Wildman–Crippen MR) is 127 cm³/mol. The van der Waals surface area contributed by atoms with Crippen molar-refractivity contribution in [3.05, 3.63) is 12.7 Å². The smallest absolute Gasteiger partial charge is 0.310 e. The fraction of sp³-hybridized carbons (Fsp3) is 0.800. The third-order valence-electron chi connectivity index (χ3n) is 8.22. The van der Waals surface area contributed by atoms with Gasteiger partial charge in [0.25, 0.3) is 0 Å². The monoisotopic (exact) mass is 478 g/mol. The zero-order valence-corrected chi connectivity index (χ0v) is 20.7. The molecule has 3 heterocycles. The minimum atomic E-state index is -0.625. The third kappa shape index (κ3) is 3.91. The molecule has 1 spiro atoms. The molecule has 4 fully saturated rings. The van der Waals surface area contributed by atoms with Crippen LogP contribution in [0.15, 0.2) is 12.7 Å². The van der Waals surface area contributed by atoms with Gasteiger partial charge in [-0.05, 0) is 38.5 Å². The van der Waals surface area contributed by atoms with Crippen molar-refractivity contribution in [2.45, 2.75) is 80.9 Å². The van der Waals surface area contributed by atoms with Gasteiger partial charge in [-0.15, -0.1) is 18.3 Å². The molecule has 8 heteroatoms. The molecule has 3 unspecified atom stereocenters. The number of aliphatic hydroxyl groups is 1. The van der Waals surface area contributed by atoms with Crippen LogP contribution in [0, 0.1) is 17.8 Å². The molecular weight excluding hydrogens is 440 g/mol. The van der Waals surface area contributed by atoms with Crippen molar-refractivity contribution in [2.75, 3.05) is 26.3 Å². The molecule has 0 radical (unpaired) electrons. The normalized spacial score (nSPS) is 35.5. The molecule has 33 heavy (non-hydrogen) atoms. The van der Waals surface area contributed by atoms with Gasteiger partial charge in [0, 0.05) is 31.0 Å². The van der Waals surface area contributed by atoms with Crippen molar-refractivity contribution in [1.29, 1.82) is 0 Å². The Kier molecular flexibility index (Phi) is 7.44. The summed E-state index contributed by atoms with van der Waals surface area (Å²) < 4.78 is 4.76. The van der Waals surface area contributed by atoms with Crippen LogP contribution in [0.3, 0.4) is 0 Å². The Morgan fingerprint density at radius 1 is 1.33 bits per heavy atom. The zero-order chi connectivity index (χ0) is 23.8. The first-order chi connectivity index (χ1) is 15.9. The third-order valence-corrected chi connectivity index (χ3v) is 10.3. The Balaban J connectivity index is 1.74. The maximum Gasteiger partial charge on any atom is 0.310 e. The molecule has 3 aliphatic heterocycles. The van der Waals surface area contributed by atoms with Gasteiger partial charge in [0.1, 0.15) is 6.04 Å². The van der Waals surface area contributed by atoms with E-state index in [1.165, 1.54) is 6.42 Å². The lowest BCUT2D eigenvalue weighted by Crippen LogP contribution is -2.59. The molecule has 2 amide bonds. The van der Waals surface area contributed by atoms with E-state index in [-0.39, 0.29) is 48.2 Å². The molecule has 1 saturated carbocycles. The Morgan fingerprint density at radius 2 is 2.06 bits per heavy atom. The van der Waals surface area contributed by atoms with Crippen LogP contribution in [0.1, 0.15) is 58.8 Å². The SMILES string of the molecule is C=CCN(C(=O)C1N(CCCO)C(=O)[C@@H]2[C@H](C(=O)OCC)[C@@H]3CC(C)C12S3)C1CCCCC1. The van der Waals surface area contributed by atoms with Crippen molar-refractivity contribution in [3.8, 4) is 0 Å². The molecular formula is C25H38N2O5S. The largest absolute Gasteiger partial charge is 0.466 e. The average Bonchev–Trinajstić information content (AvgIpc) is 3.40. The number of hydrogen-bond donors (Lipinski definition) is 1. The minimum absolute atomic E-state index is 0.00540. The predicted octanol–water partition coefficient (Wildman–Crippen LogP) is 2.62. The van der Waals surface area contributed by atoms with Gasteiger partial charge in [-0.1, -0.05) is 32.3 Å². The van der Waals surface area contributed by atoms with E-state index in [2.05, 4.69) is 13.5 Å². The van der Waals surface area contributed by atoms with Gasteiger partial charge >= 0.3 is 5.97 Å². The summed E-state index contributed by atoms with van der Waals surface area (Å²) in [7, 11) is 0. The molecule has 0 aromatic heterocycles. The Bertz CT molecular complexity index is 785. The fourth-order valence-corrected chi connectivity index (χ4v) is 9.30. The van der Waals surface area contributed by atoms with E-state index in [0.29, 0.717) is 19.5 Å². The second-order valence-electron chi connectivity index (χ2n) is 9.98. The maximum atomic E-state index is 14.3. The van der Waals surface area contributed by atoms with Crippen LogP contribution < -0.4 is 0 Å². The number of thioether (sulfide) groups is 1. The van der Waals surface area contributed by atoms with Crippen LogP contribution >= 0.6 is 11.8 Å². The molecule has 3 saturated heterocycles. The quantitative estimate of drug-likeness (QED) is 0.405. The molecule has 4 aliphatic rings. The summed E-state index contributed by atoms with van der Waals surface area (Å²) in [6, 6.07) is -0.456. The first-order valence-corrected chi connectivity index (χ1v) is 13.5. The van der Waals surface area contributed by atoms with Crippen LogP contribution in [-0.2, 0) is 19.1 Å². The first kappa shape index (κ1) is 24.6. The number of aliphatic hydroxyl groups excluding tert-OH is 1. The molecule has 1 N–H and O–H groups in total. The van der Waals surface area contributed by atoms with E-state index in [1.54, 1.807) is 29.7 Å². The number of rotatable bonds is 9. The van der Waals surface area contributed by atoms with E-state index in [9.17, 15) is 19.5 Å². The number of carbonyl (C=O) groups excluding carboxylic acids is 3. The first-order valence-electron chi connectivity index (χ1n) is 12.6. The maximum absolute atomic E-state index is 14.3. The highest BCUT2D eigenvalue weighted by molar-refractivity contribution is 8.02. The molecule has 4 rings (SSSR count). The summed E-state index contributed by atoms with van der Waals surface area (Å²) >= 11 is 1.68. The van der Waals surface area contributed by atoms with E-state index >= 15 is 0 Å². The number of amides is 2. The van der Waals surface area contributed by atoms with Crippen LogP contribution in [0.25, 0.3) is 0 Å². The standard InChI is InChI=1S/C25H38N2O5S/c1-4-12-26(17-10-7-6-8-11-17)23(30)21-25-16(3)15-18(33-25)19(24(31)32-5-2)20(25)22(29)27(21)13-9-14-28/h4,16-21,28H,1,5-15H2,2-3H3/t16?,18-,19+,20-,21?,25?/m0/s1. The van der Waals surface area contributed by atoms with Crippen molar-refractivity contribution in [1.82, 2.24) is 9.80 Å². The number of hydrogen-bond acceptors (Lipinski definition) is 6. The molecule has 0 aromatic carbocycles. The van der Waals surface area contributed by atoms with Crippen LogP contribution in [0.2, 0.25) is 0 Å². The van der Waals surface area contributed by atoms with E-state index in [0.717, 1.165) is 32.1 Å². The molecule has 6 atom stereocenters. The van der Waals surface area contributed by atoms with Gasteiger partial charge in [-0.2, -0.15) is 0 Å². The van der Waals surface area contributed by atoms with Crippen molar-refractivity contribution < 1.29 is 24.2 Å². The minimum Gasteiger partial charge on any atom is -0.466 e.